The molecule has 0 aromatic heterocycles. The number of nitrogens with zero attached hydrogens (tertiary/aromatic N) is 1. The first-order valence-corrected chi connectivity index (χ1v) is 16.6. The van der Waals surface area contributed by atoms with Gasteiger partial charge in [0.2, 0.25) is 5.91 Å². The second-order valence-corrected chi connectivity index (χ2v) is 16.9. The molecule has 6 rings (SSSR count). The molecule has 5 fully saturated rings. The summed E-state index contributed by atoms with van der Waals surface area (Å²) in [5.41, 5.74) is 1.73. The number of carbonyl (C=O) groups excluding carboxylic acids is 1. The number of fused-ring (bicyclic) bond motifs is 7. The Labute approximate surface area is 238 Å². The molecular weight excluding hydrogens is 482 g/mol. The van der Waals surface area contributed by atoms with E-state index < -0.39 is 11.5 Å². The number of aliphatic hydroxyl groups is 2. The Hall–Kier alpha value is -0.870. The first-order valence-electron chi connectivity index (χ1n) is 16.6. The molecule has 1 aliphatic heterocycles. The van der Waals surface area contributed by atoms with Crippen molar-refractivity contribution in [3.05, 3.63) is 11.6 Å². The topological polar surface area (TPSA) is 60.8 Å². The SMILES string of the molecule is CC1(C)CC[C@]2(C(=O)N3CCCCC3)CC[C@]3(C)C(=CC[C@@H]4[C@@]5(C)CC[C@H](O)[C@@](C)(CO)[C@@H]5CC[C@]43C)[C@@H]2C1. The van der Waals surface area contributed by atoms with Crippen LogP contribution in [0, 0.1) is 50.2 Å². The molecule has 220 valence electrons. The molecule has 0 bridgehead atoms. The van der Waals surface area contributed by atoms with Gasteiger partial charge in [-0.1, -0.05) is 53.2 Å². The summed E-state index contributed by atoms with van der Waals surface area (Å²) in [5.74, 6) is 1.77. The molecule has 39 heavy (non-hydrogen) atoms. The number of hydrogen-bond donors (Lipinski definition) is 2. The van der Waals surface area contributed by atoms with Crippen LogP contribution >= 0.6 is 0 Å². The number of hydrogen-bond acceptors (Lipinski definition) is 3. The largest absolute Gasteiger partial charge is 0.396 e. The minimum Gasteiger partial charge on any atom is -0.396 e. The van der Waals surface area contributed by atoms with Crippen LogP contribution in [0.15, 0.2) is 11.6 Å². The van der Waals surface area contributed by atoms with Gasteiger partial charge in [-0.25, -0.2) is 0 Å². The Morgan fingerprint density at radius 1 is 0.897 bits per heavy atom. The molecule has 0 aromatic rings. The fraction of sp³-hybridized carbons (Fsp3) is 0.914. The van der Waals surface area contributed by atoms with Gasteiger partial charge < -0.3 is 15.1 Å². The molecule has 0 spiro atoms. The van der Waals surface area contributed by atoms with E-state index in [9.17, 15) is 15.0 Å². The second-order valence-electron chi connectivity index (χ2n) is 16.9. The summed E-state index contributed by atoms with van der Waals surface area (Å²) in [5, 5.41) is 21.6. The third-order valence-corrected chi connectivity index (χ3v) is 14.8. The van der Waals surface area contributed by atoms with Crippen molar-refractivity contribution in [3.63, 3.8) is 0 Å². The lowest BCUT2D eigenvalue weighted by atomic mass is 9.33. The van der Waals surface area contributed by atoms with Gasteiger partial charge in [0.05, 0.1) is 18.1 Å². The van der Waals surface area contributed by atoms with Crippen molar-refractivity contribution < 1.29 is 15.0 Å². The molecule has 0 radical (unpaired) electrons. The Morgan fingerprint density at radius 3 is 2.28 bits per heavy atom. The van der Waals surface area contributed by atoms with Gasteiger partial charge in [-0.2, -0.15) is 0 Å². The van der Waals surface area contributed by atoms with Gasteiger partial charge >= 0.3 is 0 Å². The summed E-state index contributed by atoms with van der Waals surface area (Å²) >= 11 is 0. The summed E-state index contributed by atoms with van der Waals surface area (Å²) in [4.78, 5) is 16.8. The van der Waals surface area contributed by atoms with Crippen LogP contribution in [-0.2, 0) is 4.79 Å². The highest BCUT2D eigenvalue weighted by molar-refractivity contribution is 5.84. The van der Waals surface area contributed by atoms with Crippen LogP contribution in [0.3, 0.4) is 0 Å². The lowest BCUT2D eigenvalue weighted by Gasteiger charge is -2.71. The summed E-state index contributed by atoms with van der Waals surface area (Å²) in [6, 6.07) is 0. The van der Waals surface area contributed by atoms with Gasteiger partial charge in [-0.3, -0.25) is 4.79 Å². The maximum Gasteiger partial charge on any atom is 0.229 e. The smallest absolute Gasteiger partial charge is 0.229 e. The lowest BCUT2D eigenvalue weighted by molar-refractivity contribution is -0.216. The first-order chi connectivity index (χ1) is 18.3. The highest BCUT2D eigenvalue weighted by atomic mass is 16.3. The Kier molecular flexibility index (Phi) is 6.57. The van der Waals surface area contributed by atoms with Gasteiger partial charge in [0.15, 0.2) is 0 Å². The third-order valence-electron chi connectivity index (χ3n) is 14.8. The van der Waals surface area contributed by atoms with E-state index in [2.05, 4.69) is 52.5 Å². The summed E-state index contributed by atoms with van der Waals surface area (Å²) < 4.78 is 0. The minimum absolute atomic E-state index is 0.0779. The fourth-order valence-electron chi connectivity index (χ4n) is 12.1. The first kappa shape index (κ1) is 28.3. The van der Waals surface area contributed by atoms with Crippen molar-refractivity contribution in [3.8, 4) is 0 Å². The zero-order chi connectivity index (χ0) is 28.1. The number of amides is 1. The van der Waals surface area contributed by atoms with E-state index in [4.69, 9.17) is 0 Å². The van der Waals surface area contributed by atoms with Crippen molar-refractivity contribution in [2.75, 3.05) is 19.7 Å². The monoisotopic (exact) mass is 539 g/mol. The third kappa shape index (κ3) is 3.71. The molecular formula is C35H57NO3. The number of rotatable bonds is 2. The molecule has 1 saturated heterocycles. The predicted octanol–water partition coefficient (Wildman–Crippen LogP) is 7.13. The molecule has 4 heteroatoms. The average Bonchev–Trinajstić information content (AvgIpc) is 2.91. The molecule has 1 heterocycles. The highest BCUT2D eigenvalue weighted by Crippen LogP contribution is 2.75. The molecule has 5 aliphatic carbocycles. The van der Waals surface area contributed by atoms with E-state index in [1.165, 1.54) is 19.3 Å². The van der Waals surface area contributed by atoms with E-state index >= 15 is 0 Å². The number of carbonyl (C=O) groups is 1. The van der Waals surface area contributed by atoms with E-state index in [0.29, 0.717) is 23.7 Å². The quantitative estimate of drug-likeness (QED) is 0.367. The lowest BCUT2D eigenvalue weighted by Crippen LogP contribution is -2.66. The maximum absolute atomic E-state index is 14.5. The van der Waals surface area contributed by atoms with Crippen LogP contribution in [0.4, 0.5) is 0 Å². The normalized spacial score (nSPS) is 51.1. The van der Waals surface area contributed by atoms with Crippen molar-refractivity contribution in [2.45, 2.75) is 131 Å². The summed E-state index contributed by atoms with van der Waals surface area (Å²) in [7, 11) is 0. The van der Waals surface area contributed by atoms with Gasteiger partial charge in [0.1, 0.15) is 0 Å². The summed E-state index contributed by atoms with van der Waals surface area (Å²) in [6.45, 7) is 16.8. The average molecular weight is 540 g/mol. The van der Waals surface area contributed by atoms with Gasteiger partial charge in [-0.15, -0.1) is 0 Å². The van der Waals surface area contributed by atoms with Crippen LogP contribution in [0.5, 0.6) is 0 Å². The van der Waals surface area contributed by atoms with Gasteiger partial charge in [-0.05, 0) is 123 Å². The van der Waals surface area contributed by atoms with Crippen molar-refractivity contribution in [1.29, 1.82) is 0 Å². The Bertz CT molecular complexity index is 1030. The number of allylic oxidation sites excluding steroid dienone is 2. The van der Waals surface area contributed by atoms with E-state index in [-0.39, 0.29) is 33.7 Å². The van der Waals surface area contributed by atoms with Crippen LogP contribution in [0.25, 0.3) is 0 Å². The molecule has 9 atom stereocenters. The molecule has 4 saturated carbocycles. The molecule has 2 N–H and O–H groups in total. The van der Waals surface area contributed by atoms with Gasteiger partial charge in [0, 0.05) is 18.5 Å². The number of likely N-dealkylation sites (tertiary alicyclic amines) is 1. The van der Waals surface area contributed by atoms with Crippen molar-refractivity contribution >= 4 is 5.91 Å². The van der Waals surface area contributed by atoms with Crippen LogP contribution < -0.4 is 0 Å². The van der Waals surface area contributed by atoms with Crippen LogP contribution in [0.2, 0.25) is 0 Å². The molecule has 6 aliphatic rings. The fourth-order valence-corrected chi connectivity index (χ4v) is 12.1. The Balaban J connectivity index is 1.41. The maximum atomic E-state index is 14.5. The molecule has 0 aromatic carbocycles. The van der Waals surface area contributed by atoms with Crippen molar-refractivity contribution in [2.24, 2.45) is 50.2 Å². The van der Waals surface area contributed by atoms with Crippen LogP contribution in [-0.4, -0.2) is 46.8 Å². The number of piperidine rings is 1. The van der Waals surface area contributed by atoms with Gasteiger partial charge in [0.25, 0.3) is 0 Å². The summed E-state index contributed by atoms with van der Waals surface area (Å²) in [6.07, 6.45) is 16.6. The molecule has 1 amide bonds. The molecule has 4 nitrogen and oxygen atoms in total. The van der Waals surface area contributed by atoms with E-state index in [1.807, 2.05) is 0 Å². The molecule has 0 unspecified atom stereocenters. The van der Waals surface area contributed by atoms with E-state index in [0.717, 1.165) is 77.3 Å². The standard InChI is InChI=1S/C35H57NO3/c1-30(2)16-18-35(29(39)36-20-8-7-9-21-36)19-17-33(5)24(25(35)22-30)10-11-27-31(3)14-13-28(38)32(4,23-37)26(31)12-15-34(27,33)6/h10,25-28,37-38H,7-9,11-23H2,1-6H3/t25-,26+,27+,28-,31-,32-,33+,34+,35-/m0/s1. The second kappa shape index (κ2) is 9.06. The minimum atomic E-state index is -0.408. The number of aliphatic hydroxyl groups excluding tert-OH is 2. The highest BCUT2D eigenvalue weighted by Gasteiger charge is 2.69. The predicted molar refractivity (Wildman–Crippen MR) is 157 cm³/mol. The Morgan fingerprint density at radius 2 is 1.59 bits per heavy atom. The zero-order valence-electron chi connectivity index (χ0n) is 26.0. The van der Waals surface area contributed by atoms with E-state index in [1.54, 1.807) is 5.57 Å². The zero-order valence-corrected chi connectivity index (χ0v) is 26.0. The van der Waals surface area contributed by atoms with Crippen LogP contribution in [0.1, 0.15) is 125 Å². The van der Waals surface area contributed by atoms with Crippen molar-refractivity contribution in [1.82, 2.24) is 4.90 Å².